The highest BCUT2D eigenvalue weighted by Crippen LogP contribution is 2.46. The summed E-state index contributed by atoms with van der Waals surface area (Å²) in [6, 6.07) is 2.00. The summed E-state index contributed by atoms with van der Waals surface area (Å²) in [5.41, 5.74) is -0.595. The van der Waals surface area contributed by atoms with Crippen LogP contribution in [-0.4, -0.2) is 5.11 Å². The summed E-state index contributed by atoms with van der Waals surface area (Å²) >= 11 is 0. The summed E-state index contributed by atoms with van der Waals surface area (Å²) in [6.45, 7) is 1.87. The molecule has 4 heteroatoms. The van der Waals surface area contributed by atoms with E-state index in [1.165, 1.54) is 0 Å². The first-order valence-electron chi connectivity index (χ1n) is 6.27. The molecule has 1 atom stereocenters. The van der Waals surface area contributed by atoms with Gasteiger partial charge in [0, 0.05) is 5.56 Å². The van der Waals surface area contributed by atoms with E-state index in [1.807, 2.05) is 6.92 Å². The van der Waals surface area contributed by atoms with Crippen LogP contribution in [0.15, 0.2) is 12.1 Å². The van der Waals surface area contributed by atoms with Gasteiger partial charge in [-0.05, 0) is 24.3 Å². The molecule has 0 spiro atoms. The molecule has 2 rings (SSSR count). The van der Waals surface area contributed by atoms with Crippen LogP contribution in [0.4, 0.5) is 13.2 Å². The zero-order valence-corrected chi connectivity index (χ0v) is 10.3. The van der Waals surface area contributed by atoms with E-state index in [1.54, 1.807) is 0 Å². The SMILES string of the molecule is CC1(C(O)c2ccc(F)c(F)c2F)CCCCC1. The van der Waals surface area contributed by atoms with Gasteiger partial charge in [0.25, 0.3) is 0 Å². The van der Waals surface area contributed by atoms with Crippen molar-refractivity contribution in [2.45, 2.75) is 45.1 Å². The molecular formula is C14H17F3O. The van der Waals surface area contributed by atoms with E-state index in [0.29, 0.717) is 0 Å². The third-order valence-corrected chi connectivity index (χ3v) is 4.02. The number of aliphatic hydroxyl groups excluding tert-OH is 1. The molecule has 1 aliphatic carbocycles. The molecule has 0 heterocycles. The van der Waals surface area contributed by atoms with Crippen LogP contribution in [0.1, 0.15) is 50.7 Å². The zero-order chi connectivity index (χ0) is 13.3. The van der Waals surface area contributed by atoms with Crippen LogP contribution in [-0.2, 0) is 0 Å². The van der Waals surface area contributed by atoms with E-state index in [9.17, 15) is 18.3 Å². The Bertz CT molecular complexity index is 439. The van der Waals surface area contributed by atoms with Crippen LogP contribution >= 0.6 is 0 Å². The average Bonchev–Trinajstić information content (AvgIpc) is 2.36. The lowest BCUT2D eigenvalue weighted by atomic mass is 9.70. The number of halogens is 3. The summed E-state index contributed by atoms with van der Waals surface area (Å²) in [5.74, 6) is -4.00. The Morgan fingerprint density at radius 1 is 1.06 bits per heavy atom. The van der Waals surface area contributed by atoms with E-state index >= 15 is 0 Å². The van der Waals surface area contributed by atoms with Gasteiger partial charge in [-0.25, -0.2) is 13.2 Å². The summed E-state index contributed by atoms with van der Waals surface area (Å²) in [6.07, 6.45) is 3.49. The van der Waals surface area contributed by atoms with Gasteiger partial charge in [0.15, 0.2) is 17.5 Å². The first-order valence-corrected chi connectivity index (χ1v) is 6.27. The van der Waals surface area contributed by atoms with Gasteiger partial charge in [-0.1, -0.05) is 32.3 Å². The summed E-state index contributed by atoms with van der Waals surface area (Å²) < 4.78 is 39.7. The second-order valence-electron chi connectivity index (χ2n) is 5.38. The first-order chi connectivity index (χ1) is 8.46. The van der Waals surface area contributed by atoms with Gasteiger partial charge in [0.05, 0.1) is 6.10 Å². The average molecular weight is 258 g/mol. The minimum Gasteiger partial charge on any atom is -0.388 e. The Balaban J connectivity index is 2.33. The maximum absolute atomic E-state index is 13.7. The second-order valence-corrected chi connectivity index (χ2v) is 5.38. The molecule has 1 unspecified atom stereocenters. The normalized spacial score (nSPS) is 20.7. The largest absolute Gasteiger partial charge is 0.388 e. The summed E-state index contributed by atoms with van der Waals surface area (Å²) in [5, 5.41) is 10.3. The fourth-order valence-corrected chi connectivity index (χ4v) is 2.76. The smallest absolute Gasteiger partial charge is 0.194 e. The molecule has 100 valence electrons. The highest BCUT2D eigenvalue weighted by Gasteiger charge is 2.37. The molecule has 1 aromatic rings. The van der Waals surface area contributed by atoms with Crippen molar-refractivity contribution in [3.8, 4) is 0 Å². The molecule has 1 N–H and O–H groups in total. The van der Waals surface area contributed by atoms with Crippen molar-refractivity contribution in [1.29, 1.82) is 0 Å². The van der Waals surface area contributed by atoms with Crippen molar-refractivity contribution in [1.82, 2.24) is 0 Å². The molecule has 0 saturated heterocycles. The maximum atomic E-state index is 13.7. The number of rotatable bonds is 2. The predicted molar refractivity (Wildman–Crippen MR) is 62.5 cm³/mol. The fraction of sp³-hybridized carbons (Fsp3) is 0.571. The number of benzene rings is 1. The Labute approximate surface area is 105 Å². The molecular weight excluding hydrogens is 241 g/mol. The third-order valence-electron chi connectivity index (χ3n) is 4.02. The number of hydrogen-bond donors (Lipinski definition) is 1. The van der Waals surface area contributed by atoms with Gasteiger partial charge in [-0.15, -0.1) is 0 Å². The number of hydrogen-bond acceptors (Lipinski definition) is 1. The minimum atomic E-state index is -1.51. The lowest BCUT2D eigenvalue weighted by molar-refractivity contribution is 0.00532. The van der Waals surface area contributed by atoms with E-state index < -0.39 is 29.0 Å². The van der Waals surface area contributed by atoms with Gasteiger partial charge in [-0.2, -0.15) is 0 Å². The van der Waals surface area contributed by atoms with Crippen LogP contribution in [0.3, 0.4) is 0 Å². The molecule has 1 aromatic carbocycles. The van der Waals surface area contributed by atoms with Crippen molar-refractivity contribution in [3.63, 3.8) is 0 Å². The topological polar surface area (TPSA) is 20.2 Å². The quantitative estimate of drug-likeness (QED) is 0.791. The van der Waals surface area contributed by atoms with E-state index in [4.69, 9.17) is 0 Å². The molecule has 1 fully saturated rings. The monoisotopic (exact) mass is 258 g/mol. The van der Waals surface area contributed by atoms with Crippen LogP contribution in [0.2, 0.25) is 0 Å². The second kappa shape index (κ2) is 4.92. The van der Waals surface area contributed by atoms with Crippen LogP contribution < -0.4 is 0 Å². The van der Waals surface area contributed by atoms with E-state index in [2.05, 4.69) is 0 Å². The number of aliphatic hydroxyl groups is 1. The molecule has 0 radical (unpaired) electrons. The standard InChI is InChI=1S/C14H17F3O/c1-14(7-3-2-4-8-14)13(18)9-5-6-10(15)12(17)11(9)16/h5-6,13,18H,2-4,7-8H2,1H3. The molecule has 0 aromatic heterocycles. The molecule has 1 nitrogen and oxygen atoms in total. The van der Waals surface area contributed by atoms with Crippen LogP contribution in [0, 0.1) is 22.9 Å². The fourth-order valence-electron chi connectivity index (χ4n) is 2.76. The molecule has 18 heavy (non-hydrogen) atoms. The van der Waals surface area contributed by atoms with Crippen molar-refractivity contribution in [2.24, 2.45) is 5.41 Å². The third kappa shape index (κ3) is 2.26. The maximum Gasteiger partial charge on any atom is 0.194 e. The van der Waals surface area contributed by atoms with Crippen molar-refractivity contribution < 1.29 is 18.3 Å². The van der Waals surface area contributed by atoms with Gasteiger partial charge in [0.2, 0.25) is 0 Å². The Morgan fingerprint density at radius 3 is 2.28 bits per heavy atom. The van der Waals surface area contributed by atoms with Crippen LogP contribution in [0.5, 0.6) is 0 Å². The van der Waals surface area contributed by atoms with Crippen LogP contribution in [0.25, 0.3) is 0 Å². The zero-order valence-electron chi connectivity index (χ0n) is 10.3. The summed E-state index contributed by atoms with van der Waals surface area (Å²) in [7, 11) is 0. The van der Waals surface area contributed by atoms with E-state index in [-0.39, 0.29) is 5.56 Å². The van der Waals surface area contributed by atoms with Gasteiger partial charge in [0.1, 0.15) is 0 Å². The highest BCUT2D eigenvalue weighted by atomic mass is 19.2. The molecule has 0 amide bonds. The Morgan fingerprint density at radius 2 is 1.67 bits per heavy atom. The summed E-state index contributed by atoms with van der Waals surface area (Å²) in [4.78, 5) is 0. The minimum absolute atomic E-state index is 0.140. The predicted octanol–water partition coefficient (Wildman–Crippen LogP) is 4.11. The van der Waals surface area contributed by atoms with Crippen molar-refractivity contribution in [2.75, 3.05) is 0 Å². The molecule has 0 bridgehead atoms. The molecule has 1 aliphatic rings. The lowest BCUT2D eigenvalue weighted by Gasteiger charge is -2.38. The van der Waals surface area contributed by atoms with Gasteiger partial charge >= 0.3 is 0 Å². The first kappa shape index (κ1) is 13.4. The molecule has 0 aliphatic heterocycles. The Hall–Kier alpha value is -1.03. The lowest BCUT2D eigenvalue weighted by Crippen LogP contribution is -2.29. The molecule has 1 saturated carbocycles. The van der Waals surface area contributed by atoms with E-state index in [0.717, 1.165) is 44.2 Å². The highest BCUT2D eigenvalue weighted by molar-refractivity contribution is 5.24. The van der Waals surface area contributed by atoms with Crippen molar-refractivity contribution >= 4 is 0 Å². The van der Waals surface area contributed by atoms with Crippen molar-refractivity contribution in [3.05, 3.63) is 35.1 Å². The van der Waals surface area contributed by atoms with Gasteiger partial charge < -0.3 is 5.11 Å². The Kier molecular flexibility index (Phi) is 3.66. The van der Waals surface area contributed by atoms with Gasteiger partial charge in [-0.3, -0.25) is 0 Å².